The van der Waals surface area contributed by atoms with Crippen molar-refractivity contribution in [1.82, 2.24) is 15.0 Å². The molecule has 2 rings (SSSR count). The van der Waals surface area contributed by atoms with Gasteiger partial charge in [-0.15, -0.1) is 5.10 Å². The Hall–Kier alpha value is -2.62. The molecule has 0 radical (unpaired) electrons. The second-order valence-electron chi connectivity index (χ2n) is 4.87. The molecule has 10 heteroatoms. The Morgan fingerprint density at radius 1 is 1.42 bits per heavy atom. The van der Waals surface area contributed by atoms with Gasteiger partial charge < -0.3 is 15.8 Å². The van der Waals surface area contributed by atoms with E-state index in [1.807, 2.05) is 0 Å². The van der Waals surface area contributed by atoms with E-state index in [1.54, 1.807) is 6.92 Å². The molecule has 3 N–H and O–H groups in total. The van der Waals surface area contributed by atoms with Gasteiger partial charge in [0.05, 0.1) is 5.56 Å². The summed E-state index contributed by atoms with van der Waals surface area (Å²) in [6.07, 6.45) is -4.51. The fraction of sp³-hybridized carbons (Fsp3) is 0.357. The third-order valence-corrected chi connectivity index (χ3v) is 3.29. The van der Waals surface area contributed by atoms with Crippen LogP contribution in [0.2, 0.25) is 0 Å². The molecule has 0 aliphatic carbocycles. The van der Waals surface area contributed by atoms with Gasteiger partial charge in [0, 0.05) is 12.3 Å². The average molecular weight is 343 g/mol. The van der Waals surface area contributed by atoms with Crippen LogP contribution in [0.1, 0.15) is 28.5 Å². The van der Waals surface area contributed by atoms with Gasteiger partial charge in [0.2, 0.25) is 0 Å². The van der Waals surface area contributed by atoms with Gasteiger partial charge in [-0.3, -0.25) is 4.79 Å². The molecular weight excluding hydrogens is 327 g/mol. The number of hydrogen-bond acceptors (Lipinski definition) is 5. The van der Waals surface area contributed by atoms with Crippen molar-refractivity contribution in [3.8, 4) is 0 Å². The Labute approximate surface area is 135 Å². The van der Waals surface area contributed by atoms with Crippen molar-refractivity contribution in [2.24, 2.45) is 0 Å². The first-order valence-corrected chi connectivity index (χ1v) is 7.00. The summed E-state index contributed by atoms with van der Waals surface area (Å²) in [5.41, 5.74) is 4.66. The van der Waals surface area contributed by atoms with Crippen LogP contribution in [-0.2, 0) is 17.6 Å². The predicted molar refractivity (Wildman–Crippen MR) is 80.2 cm³/mol. The Bertz CT molecular complexity index is 742. The number of alkyl halides is 3. The normalized spacial score (nSPS) is 11.5. The SMILES string of the molecule is CCOCn1nnc(C(=O)Nc2cccc(C(F)(F)F)c2C)c1N. The second kappa shape index (κ2) is 6.87. The van der Waals surface area contributed by atoms with Crippen LogP contribution in [0, 0.1) is 6.92 Å². The van der Waals surface area contributed by atoms with Crippen molar-refractivity contribution in [1.29, 1.82) is 0 Å². The number of nitrogens with one attached hydrogen (secondary N) is 1. The van der Waals surface area contributed by atoms with E-state index in [1.165, 1.54) is 23.7 Å². The molecule has 0 spiro atoms. The van der Waals surface area contributed by atoms with Gasteiger partial charge in [-0.25, -0.2) is 4.68 Å². The molecule has 0 aliphatic heterocycles. The van der Waals surface area contributed by atoms with Crippen molar-refractivity contribution < 1.29 is 22.7 Å². The van der Waals surface area contributed by atoms with Gasteiger partial charge in [0.1, 0.15) is 6.73 Å². The second-order valence-corrected chi connectivity index (χ2v) is 4.87. The van der Waals surface area contributed by atoms with Gasteiger partial charge in [0.25, 0.3) is 5.91 Å². The lowest BCUT2D eigenvalue weighted by atomic mass is 10.1. The molecule has 1 amide bonds. The maximum atomic E-state index is 12.9. The number of rotatable bonds is 5. The van der Waals surface area contributed by atoms with Crippen molar-refractivity contribution >= 4 is 17.4 Å². The van der Waals surface area contributed by atoms with Gasteiger partial charge in [-0.2, -0.15) is 13.2 Å². The topological polar surface area (TPSA) is 95.1 Å². The number of carbonyl (C=O) groups excluding carboxylic acids is 1. The predicted octanol–water partition coefficient (Wildman–Crippen LogP) is 2.43. The molecule has 0 saturated carbocycles. The fourth-order valence-electron chi connectivity index (χ4n) is 2.01. The fourth-order valence-corrected chi connectivity index (χ4v) is 2.01. The van der Waals surface area contributed by atoms with Crippen molar-refractivity contribution in [2.75, 3.05) is 17.7 Å². The molecule has 1 aromatic carbocycles. The van der Waals surface area contributed by atoms with E-state index in [-0.39, 0.29) is 29.5 Å². The number of nitrogens with two attached hydrogens (primary N) is 1. The minimum absolute atomic E-state index is 0.0190. The monoisotopic (exact) mass is 343 g/mol. The van der Waals surface area contributed by atoms with Crippen LogP contribution in [-0.4, -0.2) is 27.5 Å². The third kappa shape index (κ3) is 3.65. The largest absolute Gasteiger partial charge is 0.416 e. The zero-order chi connectivity index (χ0) is 17.9. The number of carbonyl (C=O) groups is 1. The molecule has 1 heterocycles. The number of anilines is 2. The van der Waals surface area contributed by atoms with Crippen LogP contribution in [0.4, 0.5) is 24.7 Å². The molecule has 0 aliphatic rings. The van der Waals surface area contributed by atoms with Crippen LogP contribution in [0.15, 0.2) is 18.2 Å². The third-order valence-electron chi connectivity index (χ3n) is 3.29. The molecule has 24 heavy (non-hydrogen) atoms. The van der Waals surface area contributed by atoms with Crippen LogP contribution >= 0.6 is 0 Å². The highest BCUT2D eigenvalue weighted by atomic mass is 19.4. The number of benzene rings is 1. The zero-order valence-corrected chi connectivity index (χ0v) is 13.0. The van der Waals surface area contributed by atoms with Crippen LogP contribution < -0.4 is 11.1 Å². The van der Waals surface area contributed by atoms with E-state index < -0.39 is 17.6 Å². The number of halogens is 3. The Kier molecular flexibility index (Phi) is 5.07. The summed E-state index contributed by atoms with van der Waals surface area (Å²) in [5.74, 6) is -0.789. The van der Waals surface area contributed by atoms with Gasteiger partial charge >= 0.3 is 6.18 Å². The van der Waals surface area contributed by atoms with E-state index in [4.69, 9.17) is 10.5 Å². The summed E-state index contributed by atoms with van der Waals surface area (Å²) in [5, 5.41) is 9.68. The van der Waals surface area contributed by atoms with Gasteiger partial charge in [0.15, 0.2) is 11.5 Å². The van der Waals surface area contributed by atoms with E-state index >= 15 is 0 Å². The molecule has 0 fully saturated rings. The number of ether oxygens (including phenoxy) is 1. The molecule has 2 aromatic rings. The summed E-state index contributed by atoms with van der Waals surface area (Å²) < 4.78 is 45.0. The van der Waals surface area contributed by atoms with Crippen LogP contribution in [0.25, 0.3) is 0 Å². The highest BCUT2D eigenvalue weighted by Gasteiger charge is 2.33. The molecule has 0 bridgehead atoms. The Morgan fingerprint density at radius 2 is 2.12 bits per heavy atom. The number of aromatic nitrogens is 3. The lowest BCUT2D eigenvalue weighted by Crippen LogP contribution is -2.17. The molecule has 0 unspecified atom stereocenters. The lowest BCUT2D eigenvalue weighted by molar-refractivity contribution is -0.138. The summed E-state index contributed by atoms with van der Waals surface area (Å²) in [4.78, 5) is 12.2. The maximum Gasteiger partial charge on any atom is 0.416 e. The highest BCUT2D eigenvalue weighted by molar-refractivity contribution is 6.06. The summed E-state index contributed by atoms with van der Waals surface area (Å²) in [6.45, 7) is 3.49. The minimum atomic E-state index is -4.51. The summed E-state index contributed by atoms with van der Waals surface area (Å²) in [6, 6.07) is 3.52. The van der Waals surface area contributed by atoms with E-state index in [2.05, 4.69) is 15.6 Å². The zero-order valence-electron chi connectivity index (χ0n) is 13.0. The van der Waals surface area contributed by atoms with Crippen LogP contribution in [0.5, 0.6) is 0 Å². The van der Waals surface area contributed by atoms with Crippen LogP contribution in [0.3, 0.4) is 0 Å². The lowest BCUT2D eigenvalue weighted by Gasteiger charge is -2.14. The first kappa shape index (κ1) is 17.7. The van der Waals surface area contributed by atoms with Gasteiger partial charge in [-0.1, -0.05) is 11.3 Å². The first-order valence-electron chi connectivity index (χ1n) is 7.00. The van der Waals surface area contributed by atoms with E-state index in [9.17, 15) is 18.0 Å². The highest BCUT2D eigenvalue weighted by Crippen LogP contribution is 2.34. The standard InChI is InChI=1S/C14H16F3N5O2/c1-3-24-7-22-12(18)11(20-21-22)13(23)19-10-6-4-5-9(8(10)2)14(15,16)17/h4-6H,3,7,18H2,1-2H3,(H,19,23). The molecule has 1 aromatic heterocycles. The number of hydrogen-bond donors (Lipinski definition) is 2. The van der Waals surface area contributed by atoms with Crippen molar-refractivity contribution in [3.63, 3.8) is 0 Å². The minimum Gasteiger partial charge on any atom is -0.382 e. The average Bonchev–Trinajstić information content (AvgIpc) is 2.87. The molecular formula is C14H16F3N5O2. The first-order chi connectivity index (χ1) is 11.3. The Morgan fingerprint density at radius 3 is 2.75 bits per heavy atom. The number of amides is 1. The van der Waals surface area contributed by atoms with Crippen molar-refractivity contribution in [3.05, 3.63) is 35.0 Å². The maximum absolute atomic E-state index is 12.9. The molecule has 0 atom stereocenters. The number of nitrogen functional groups attached to an aromatic ring is 1. The van der Waals surface area contributed by atoms with E-state index in [0.29, 0.717) is 6.61 Å². The number of nitrogens with zero attached hydrogens (tertiary/aromatic N) is 3. The summed E-state index contributed by atoms with van der Waals surface area (Å²) in [7, 11) is 0. The van der Waals surface area contributed by atoms with Crippen molar-refractivity contribution in [2.45, 2.75) is 26.8 Å². The quantitative estimate of drug-likeness (QED) is 0.869. The van der Waals surface area contributed by atoms with E-state index in [0.717, 1.165) is 6.07 Å². The smallest absolute Gasteiger partial charge is 0.382 e. The van der Waals surface area contributed by atoms with Gasteiger partial charge in [-0.05, 0) is 31.5 Å². The molecule has 0 saturated heterocycles. The molecule has 7 nitrogen and oxygen atoms in total. The molecule has 130 valence electrons. The Balaban J connectivity index is 2.23. The summed E-state index contributed by atoms with van der Waals surface area (Å²) >= 11 is 0.